The van der Waals surface area contributed by atoms with Gasteiger partial charge in [-0.3, -0.25) is 9.48 Å². The van der Waals surface area contributed by atoms with Crippen molar-refractivity contribution >= 4 is 16.8 Å². The smallest absolute Gasteiger partial charge is 0.274 e. The second kappa shape index (κ2) is 5.96. The fourth-order valence-electron chi connectivity index (χ4n) is 4.56. The second-order valence-electron chi connectivity index (χ2n) is 7.70. The highest BCUT2D eigenvalue weighted by Gasteiger charge is 2.43. The second-order valence-corrected chi connectivity index (χ2v) is 7.70. The van der Waals surface area contributed by atoms with Crippen LogP contribution in [0.5, 0.6) is 0 Å². The summed E-state index contributed by atoms with van der Waals surface area (Å²) in [6.07, 6.45) is 2.56. The first-order valence-corrected chi connectivity index (χ1v) is 9.61. The average molecular weight is 364 g/mol. The lowest BCUT2D eigenvalue weighted by atomic mass is 9.83. The van der Waals surface area contributed by atoms with Gasteiger partial charge in [0.2, 0.25) is 0 Å². The van der Waals surface area contributed by atoms with E-state index in [1.54, 1.807) is 4.68 Å². The summed E-state index contributed by atoms with van der Waals surface area (Å²) in [6, 6.07) is 10.3. The highest BCUT2D eigenvalue weighted by atomic mass is 16.5. The molecule has 6 nitrogen and oxygen atoms in total. The highest BCUT2D eigenvalue weighted by Crippen LogP contribution is 2.43. The maximum atomic E-state index is 12.8. The van der Waals surface area contributed by atoms with Crippen molar-refractivity contribution in [1.29, 1.82) is 0 Å². The predicted molar refractivity (Wildman–Crippen MR) is 103 cm³/mol. The van der Waals surface area contributed by atoms with Gasteiger partial charge in [-0.05, 0) is 43.9 Å². The minimum atomic E-state index is -0.302. The van der Waals surface area contributed by atoms with Gasteiger partial charge < -0.3 is 14.6 Å². The molecule has 1 amide bonds. The van der Waals surface area contributed by atoms with Crippen LogP contribution in [0.3, 0.4) is 0 Å². The van der Waals surface area contributed by atoms with E-state index in [2.05, 4.69) is 34.3 Å². The fourth-order valence-corrected chi connectivity index (χ4v) is 4.56. The van der Waals surface area contributed by atoms with Crippen molar-refractivity contribution in [2.24, 2.45) is 7.05 Å². The third kappa shape index (κ3) is 2.51. The number of hydrogen-bond acceptors (Lipinski definition) is 3. The molecule has 0 aliphatic carbocycles. The number of amides is 1. The molecule has 2 aromatic heterocycles. The van der Waals surface area contributed by atoms with Crippen LogP contribution in [0.25, 0.3) is 10.9 Å². The summed E-state index contributed by atoms with van der Waals surface area (Å²) in [4.78, 5) is 18.4. The van der Waals surface area contributed by atoms with E-state index >= 15 is 0 Å². The Morgan fingerprint density at radius 2 is 2.04 bits per heavy atom. The van der Waals surface area contributed by atoms with Gasteiger partial charge >= 0.3 is 0 Å². The molecule has 2 aliphatic heterocycles. The Morgan fingerprint density at radius 1 is 1.26 bits per heavy atom. The molecule has 1 fully saturated rings. The number of aromatic nitrogens is 3. The Kier molecular flexibility index (Phi) is 3.65. The van der Waals surface area contributed by atoms with Crippen LogP contribution in [-0.4, -0.2) is 45.3 Å². The van der Waals surface area contributed by atoms with Gasteiger partial charge in [-0.2, -0.15) is 5.10 Å². The zero-order valence-corrected chi connectivity index (χ0v) is 15.8. The van der Waals surface area contributed by atoms with Crippen LogP contribution < -0.4 is 0 Å². The minimum Gasteiger partial charge on any atom is -0.368 e. The zero-order valence-electron chi connectivity index (χ0n) is 15.8. The van der Waals surface area contributed by atoms with E-state index in [9.17, 15) is 4.79 Å². The van der Waals surface area contributed by atoms with E-state index in [1.165, 1.54) is 22.2 Å². The molecule has 3 aromatic rings. The third-order valence-corrected chi connectivity index (χ3v) is 6.19. The molecule has 2 aliphatic rings. The van der Waals surface area contributed by atoms with E-state index < -0.39 is 0 Å². The Hall–Kier alpha value is -2.60. The Bertz CT molecular complexity index is 1000. The topological polar surface area (TPSA) is 63.1 Å². The van der Waals surface area contributed by atoms with Crippen LogP contribution in [-0.2, 0) is 23.8 Å². The van der Waals surface area contributed by atoms with Gasteiger partial charge in [-0.25, -0.2) is 0 Å². The van der Waals surface area contributed by atoms with Gasteiger partial charge in [0, 0.05) is 36.7 Å². The molecule has 0 saturated carbocycles. The van der Waals surface area contributed by atoms with Crippen LogP contribution >= 0.6 is 0 Å². The number of nitrogens with one attached hydrogen (secondary N) is 1. The molecule has 6 heteroatoms. The van der Waals surface area contributed by atoms with E-state index in [0.29, 0.717) is 18.8 Å². The summed E-state index contributed by atoms with van der Waals surface area (Å²) in [5.74, 6) is 0.0150. The first-order valence-electron chi connectivity index (χ1n) is 9.61. The van der Waals surface area contributed by atoms with E-state index in [4.69, 9.17) is 4.74 Å². The lowest BCUT2D eigenvalue weighted by Gasteiger charge is -2.43. The molecule has 4 heterocycles. The van der Waals surface area contributed by atoms with Crippen molar-refractivity contribution in [3.8, 4) is 0 Å². The lowest BCUT2D eigenvalue weighted by Crippen LogP contribution is -2.48. The third-order valence-electron chi connectivity index (χ3n) is 6.19. The molecule has 5 rings (SSSR count). The number of hydrogen-bond donors (Lipinski definition) is 1. The maximum Gasteiger partial charge on any atom is 0.274 e. The normalized spacial score (nSPS) is 18.8. The first-order chi connectivity index (χ1) is 13.1. The molecular weight excluding hydrogens is 340 g/mol. The highest BCUT2D eigenvalue weighted by molar-refractivity contribution is 5.92. The van der Waals surface area contributed by atoms with Crippen LogP contribution in [0.4, 0.5) is 0 Å². The number of piperidine rings is 1. The van der Waals surface area contributed by atoms with Gasteiger partial charge in [-0.1, -0.05) is 18.2 Å². The molecule has 140 valence electrons. The Morgan fingerprint density at radius 3 is 2.78 bits per heavy atom. The van der Waals surface area contributed by atoms with Crippen molar-refractivity contribution in [2.45, 2.75) is 31.8 Å². The minimum absolute atomic E-state index is 0.0150. The van der Waals surface area contributed by atoms with Gasteiger partial charge in [0.1, 0.15) is 5.60 Å². The largest absolute Gasteiger partial charge is 0.368 e. The maximum absolute atomic E-state index is 12.8. The van der Waals surface area contributed by atoms with Crippen molar-refractivity contribution < 1.29 is 9.53 Å². The van der Waals surface area contributed by atoms with Gasteiger partial charge in [0.05, 0.1) is 12.3 Å². The van der Waals surface area contributed by atoms with Crippen LogP contribution in [0.15, 0.2) is 30.3 Å². The molecule has 0 bridgehead atoms. The fraction of sp³-hybridized carbons (Fsp3) is 0.429. The number of nitrogens with zero attached hydrogens (tertiary/aromatic N) is 3. The molecule has 27 heavy (non-hydrogen) atoms. The molecule has 1 aromatic carbocycles. The number of H-pyrrole nitrogens is 1. The summed E-state index contributed by atoms with van der Waals surface area (Å²) in [7, 11) is 1.87. The predicted octanol–water partition coefficient (Wildman–Crippen LogP) is 2.91. The van der Waals surface area contributed by atoms with Gasteiger partial charge in [0.15, 0.2) is 5.69 Å². The Labute approximate surface area is 158 Å². The molecule has 1 N–H and O–H groups in total. The van der Waals surface area contributed by atoms with E-state index in [-0.39, 0.29) is 11.5 Å². The van der Waals surface area contributed by atoms with E-state index in [0.717, 1.165) is 31.6 Å². The molecular formula is C21H24N4O2. The SMILES string of the molecule is Cc1cc(C(=O)N2CCC3(CC2)OCCc2c3[nH]c3ccccc23)nn1C. The van der Waals surface area contributed by atoms with Crippen molar-refractivity contribution in [3.63, 3.8) is 0 Å². The summed E-state index contributed by atoms with van der Waals surface area (Å²) in [5.41, 5.74) is 5.00. The molecule has 1 spiro atoms. The van der Waals surface area contributed by atoms with Gasteiger partial charge in [-0.15, -0.1) is 0 Å². The van der Waals surface area contributed by atoms with Crippen LogP contribution in [0.1, 0.15) is 40.3 Å². The number of carbonyl (C=O) groups excluding carboxylic acids is 1. The summed E-state index contributed by atoms with van der Waals surface area (Å²) < 4.78 is 8.08. The molecule has 0 radical (unpaired) electrons. The molecule has 0 atom stereocenters. The van der Waals surface area contributed by atoms with Crippen molar-refractivity contribution in [2.75, 3.05) is 19.7 Å². The molecule has 1 saturated heterocycles. The van der Waals surface area contributed by atoms with E-state index in [1.807, 2.05) is 24.9 Å². The first kappa shape index (κ1) is 16.6. The number of carbonyl (C=O) groups is 1. The summed E-state index contributed by atoms with van der Waals surface area (Å²) in [5, 5.41) is 5.65. The van der Waals surface area contributed by atoms with Crippen molar-refractivity contribution in [3.05, 3.63) is 53.0 Å². The number of rotatable bonds is 1. The summed E-state index contributed by atoms with van der Waals surface area (Å²) >= 11 is 0. The zero-order chi connectivity index (χ0) is 18.6. The van der Waals surface area contributed by atoms with Crippen molar-refractivity contribution in [1.82, 2.24) is 19.7 Å². The number of likely N-dealkylation sites (tertiary alicyclic amines) is 1. The number of fused-ring (bicyclic) bond motifs is 4. The number of ether oxygens (including phenoxy) is 1. The number of aromatic amines is 1. The Balaban J connectivity index is 1.41. The van der Waals surface area contributed by atoms with Crippen LogP contribution in [0.2, 0.25) is 0 Å². The van der Waals surface area contributed by atoms with Crippen LogP contribution in [0, 0.1) is 6.92 Å². The monoisotopic (exact) mass is 364 g/mol. The molecule has 0 unspecified atom stereocenters. The number of para-hydroxylation sites is 1. The van der Waals surface area contributed by atoms with Gasteiger partial charge in [0.25, 0.3) is 5.91 Å². The number of aryl methyl sites for hydroxylation is 2. The summed E-state index contributed by atoms with van der Waals surface area (Å²) in [6.45, 7) is 4.07. The number of benzene rings is 1. The average Bonchev–Trinajstić information content (AvgIpc) is 3.23. The standard InChI is InChI=1S/C21H24N4O2/c1-14-13-18(23-24(14)2)20(26)25-10-8-21(9-11-25)19-16(7-12-27-21)15-5-3-4-6-17(15)22-19/h3-6,13,22H,7-12H2,1-2H3. The quantitative estimate of drug-likeness (QED) is 0.722. The lowest BCUT2D eigenvalue weighted by molar-refractivity contribution is -0.0957.